The number of nitrogens with zero attached hydrogens (tertiary/aromatic N) is 1. The van der Waals surface area contributed by atoms with Crippen LogP contribution in [0.15, 0.2) is 60.8 Å². The van der Waals surface area contributed by atoms with E-state index < -0.39 is 20.0 Å². The van der Waals surface area contributed by atoms with Gasteiger partial charge in [-0.3, -0.25) is 13.8 Å². The maximum absolute atomic E-state index is 12.8. The van der Waals surface area contributed by atoms with E-state index >= 15 is 0 Å². The highest BCUT2D eigenvalue weighted by atomic mass is 31.2. The van der Waals surface area contributed by atoms with Crippen LogP contribution in [0.2, 0.25) is 0 Å². The summed E-state index contributed by atoms with van der Waals surface area (Å²) >= 11 is 0. The van der Waals surface area contributed by atoms with Gasteiger partial charge in [-0.25, -0.2) is 4.57 Å². The molecule has 0 aliphatic carbocycles. The van der Waals surface area contributed by atoms with E-state index in [4.69, 9.17) is 9.05 Å². The van der Waals surface area contributed by atoms with Crippen LogP contribution in [0.4, 0.5) is 0 Å². The van der Waals surface area contributed by atoms with Gasteiger partial charge in [-0.1, -0.05) is 145 Å². The smallest absolute Gasteiger partial charge is 0.387 e. The molecule has 0 saturated heterocycles. The quantitative estimate of drug-likeness (QED) is 0.0255. The van der Waals surface area contributed by atoms with Crippen molar-refractivity contribution in [3.63, 3.8) is 0 Å². The van der Waals surface area contributed by atoms with Gasteiger partial charge >= 0.3 is 7.82 Å². The third-order valence-electron chi connectivity index (χ3n) is 8.69. The van der Waals surface area contributed by atoms with Crippen LogP contribution in [0.3, 0.4) is 0 Å². The number of phosphoric ester groups is 1. The van der Waals surface area contributed by atoms with E-state index in [9.17, 15) is 19.4 Å². The van der Waals surface area contributed by atoms with Crippen LogP contribution < -0.4 is 5.32 Å². The molecule has 0 aromatic heterocycles. The van der Waals surface area contributed by atoms with Crippen molar-refractivity contribution in [3.8, 4) is 0 Å². The van der Waals surface area contributed by atoms with Gasteiger partial charge in [0.1, 0.15) is 13.2 Å². The van der Waals surface area contributed by atoms with Crippen molar-refractivity contribution in [1.29, 1.82) is 0 Å². The Morgan fingerprint density at radius 1 is 0.654 bits per heavy atom. The summed E-state index contributed by atoms with van der Waals surface area (Å²) in [4.78, 5) is 22.9. The summed E-state index contributed by atoms with van der Waals surface area (Å²) < 4.78 is 23.4. The summed E-state index contributed by atoms with van der Waals surface area (Å²) in [5, 5.41) is 13.6. The molecule has 0 aliphatic rings. The molecule has 0 aromatic rings. The number of hydrogen-bond donors (Lipinski definition) is 3. The van der Waals surface area contributed by atoms with Crippen molar-refractivity contribution in [2.24, 2.45) is 0 Å². The molecule has 0 aliphatic heterocycles. The Bertz CT molecular complexity index is 1030. The Morgan fingerprint density at radius 3 is 1.73 bits per heavy atom. The topological polar surface area (TPSA) is 105 Å². The van der Waals surface area contributed by atoms with Crippen molar-refractivity contribution in [2.75, 3.05) is 40.9 Å². The minimum absolute atomic E-state index is 0.0512. The lowest BCUT2D eigenvalue weighted by Gasteiger charge is -2.25. The maximum Gasteiger partial charge on any atom is 0.472 e. The summed E-state index contributed by atoms with van der Waals surface area (Å²) in [6.07, 6.45) is 44.6. The van der Waals surface area contributed by atoms with Crippen LogP contribution in [0.25, 0.3) is 0 Å². The highest BCUT2D eigenvalue weighted by molar-refractivity contribution is 7.47. The number of nitrogens with one attached hydrogen (secondary N) is 1. The Hall–Kier alpha value is -1.80. The Morgan fingerprint density at radius 2 is 1.15 bits per heavy atom. The van der Waals surface area contributed by atoms with Crippen LogP contribution in [0.1, 0.15) is 155 Å². The normalized spacial score (nSPS) is 15.1. The van der Waals surface area contributed by atoms with Gasteiger partial charge in [-0.2, -0.15) is 0 Å². The largest absolute Gasteiger partial charge is 0.472 e. The van der Waals surface area contributed by atoms with Gasteiger partial charge in [0.05, 0.1) is 39.9 Å². The van der Waals surface area contributed by atoms with Crippen LogP contribution in [0.5, 0.6) is 0 Å². The number of carbonyl (C=O) groups is 1. The average Bonchev–Trinajstić information content (AvgIpc) is 3.09. The number of rotatable bonds is 36. The molecule has 1 amide bonds. The minimum atomic E-state index is -4.34. The lowest BCUT2D eigenvalue weighted by molar-refractivity contribution is -0.870. The minimum Gasteiger partial charge on any atom is -0.387 e. The fraction of sp³-hybridized carbons (Fsp3) is 0.744. The average molecular weight is 752 g/mol. The molecule has 8 nitrogen and oxygen atoms in total. The summed E-state index contributed by atoms with van der Waals surface area (Å²) in [7, 11) is 1.53. The molecule has 302 valence electrons. The van der Waals surface area contributed by atoms with Gasteiger partial charge in [0.25, 0.3) is 0 Å². The second-order valence-corrected chi connectivity index (χ2v) is 16.5. The zero-order valence-electron chi connectivity index (χ0n) is 34.0. The van der Waals surface area contributed by atoms with Crippen LogP contribution in [0, 0.1) is 0 Å². The first-order valence-electron chi connectivity index (χ1n) is 20.7. The Balaban J connectivity index is 4.25. The van der Waals surface area contributed by atoms with E-state index in [1.165, 1.54) is 70.6 Å². The third-order valence-corrected chi connectivity index (χ3v) is 9.68. The first-order chi connectivity index (χ1) is 25.0. The fourth-order valence-electron chi connectivity index (χ4n) is 5.36. The molecule has 0 rings (SSSR count). The van der Waals surface area contributed by atoms with E-state index in [1.807, 2.05) is 27.2 Å². The lowest BCUT2D eigenvalue weighted by atomic mass is 10.1. The molecular formula is C43H80N2O6P+. The number of hydrogen-bond acceptors (Lipinski definition) is 5. The predicted molar refractivity (Wildman–Crippen MR) is 221 cm³/mol. The van der Waals surface area contributed by atoms with Gasteiger partial charge in [0.15, 0.2) is 0 Å². The van der Waals surface area contributed by atoms with Gasteiger partial charge < -0.3 is 19.8 Å². The first kappa shape index (κ1) is 50.2. The lowest BCUT2D eigenvalue weighted by Crippen LogP contribution is -2.45. The van der Waals surface area contributed by atoms with E-state index in [0.29, 0.717) is 17.4 Å². The molecule has 0 heterocycles. The number of likely N-dealkylation sites (N-methyl/N-ethyl adjacent to an activating group) is 1. The highest BCUT2D eigenvalue weighted by Gasteiger charge is 2.27. The molecule has 0 radical (unpaired) electrons. The van der Waals surface area contributed by atoms with Crippen molar-refractivity contribution >= 4 is 13.7 Å². The number of carbonyl (C=O) groups excluding carboxylic acids is 1. The molecule has 3 atom stereocenters. The zero-order valence-corrected chi connectivity index (χ0v) is 34.9. The van der Waals surface area contributed by atoms with E-state index in [0.717, 1.165) is 64.2 Å². The summed E-state index contributed by atoms with van der Waals surface area (Å²) in [5.41, 5.74) is 0. The molecule has 3 unspecified atom stereocenters. The number of aliphatic hydroxyl groups is 1. The summed E-state index contributed by atoms with van der Waals surface area (Å²) in [6.45, 7) is 4.64. The molecule has 0 aromatic carbocycles. The monoisotopic (exact) mass is 752 g/mol. The Labute approximate surface area is 320 Å². The number of unbranched alkanes of at least 4 members (excludes halogenated alkanes) is 15. The van der Waals surface area contributed by atoms with Crippen LogP contribution in [-0.2, 0) is 18.4 Å². The summed E-state index contributed by atoms with van der Waals surface area (Å²) in [5.74, 6) is -0.203. The third kappa shape index (κ3) is 36.6. The SMILES string of the molecule is CCC/C=C/CC/C=C/C(O)C(COP(=O)(O)OCC[N+](C)(C)C)NC(=O)CCCCCCCCCC/C=C\C/C=C\C/C=C\CCCCCCC. The summed E-state index contributed by atoms with van der Waals surface area (Å²) in [6, 6.07) is -0.866. The first-order valence-corrected chi connectivity index (χ1v) is 22.2. The van der Waals surface area contributed by atoms with E-state index in [2.05, 4.69) is 67.8 Å². The second kappa shape index (κ2) is 34.9. The van der Waals surface area contributed by atoms with Crippen molar-refractivity contribution in [2.45, 2.75) is 167 Å². The second-order valence-electron chi connectivity index (χ2n) is 15.0. The van der Waals surface area contributed by atoms with E-state index in [-0.39, 0.29) is 19.1 Å². The van der Waals surface area contributed by atoms with E-state index in [1.54, 1.807) is 6.08 Å². The van der Waals surface area contributed by atoms with Crippen molar-refractivity contribution < 1.29 is 32.9 Å². The zero-order chi connectivity index (χ0) is 38.6. The molecular weight excluding hydrogens is 671 g/mol. The number of quaternary nitrogens is 1. The van der Waals surface area contributed by atoms with Crippen molar-refractivity contribution in [3.05, 3.63) is 60.8 Å². The van der Waals surface area contributed by atoms with Crippen LogP contribution in [-0.4, -0.2) is 73.4 Å². The highest BCUT2D eigenvalue weighted by Crippen LogP contribution is 2.43. The van der Waals surface area contributed by atoms with Gasteiger partial charge in [-0.05, 0) is 64.2 Å². The molecule has 0 spiro atoms. The predicted octanol–water partition coefficient (Wildman–Crippen LogP) is 11.1. The Kier molecular flexibility index (Phi) is 33.7. The molecule has 3 N–H and O–H groups in total. The van der Waals surface area contributed by atoms with Crippen molar-refractivity contribution in [1.82, 2.24) is 5.32 Å². The molecule has 52 heavy (non-hydrogen) atoms. The number of allylic oxidation sites excluding steroid dienone is 9. The number of phosphoric acid groups is 1. The van der Waals surface area contributed by atoms with Gasteiger partial charge in [0.2, 0.25) is 5.91 Å². The molecule has 0 saturated carbocycles. The molecule has 0 fully saturated rings. The standard InChI is InChI=1S/C43H79N2O6P/c1-6-8-10-12-14-15-16-17-18-19-20-21-22-23-24-25-26-27-28-29-31-33-35-37-43(47)44-41(42(46)36-34-32-30-13-11-9-7-2)40-51-52(48,49)50-39-38-45(3,4)5/h11,13,16-17,19-20,22-23,34,36,41-42,46H,6-10,12,14-15,18,21,24-33,35,37-40H2,1-5H3,(H-,44,47,48,49)/p+1/b13-11+,17-16-,20-19-,23-22-,36-34+. The maximum atomic E-state index is 12.8. The fourth-order valence-corrected chi connectivity index (χ4v) is 6.10. The molecule has 0 bridgehead atoms. The molecule has 9 heteroatoms. The number of aliphatic hydroxyl groups excluding tert-OH is 1. The van der Waals surface area contributed by atoms with Gasteiger partial charge in [0, 0.05) is 6.42 Å². The van der Waals surface area contributed by atoms with Gasteiger partial charge in [-0.15, -0.1) is 0 Å². The number of amides is 1. The van der Waals surface area contributed by atoms with Crippen LogP contribution >= 0.6 is 7.82 Å².